The summed E-state index contributed by atoms with van der Waals surface area (Å²) in [5.41, 5.74) is 2.84. The van der Waals surface area contributed by atoms with Crippen LogP contribution >= 0.6 is 12.4 Å². The minimum absolute atomic E-state index is 0. The molecule has 1 aromatic rings. The summed E-state index contributed by atoms with van der Waals surface area (Å²) in [6.45, 7) is 7.07. The van der Waals surface area contributed by atoms with Crippen molar-refractivity contribution in [3.8, 4) is 0 Å². The fraction of sp³-hybridized carbons (Fsp3) is 0.533. The zero-order valence-corrected chi connectivity index (χ0v) is 12.7. The van der Waals surface area contributed by atoms with Crippen LogP contribution in [0.2, 0.25) is 0 Å². The van der Waals surface area contributed by atoms with Gasteiger partial charge >= 0.3 is 0 Å². The van der Waals surface area contributed by atoms with E-state index in [4.69, 9.17) is 0 Å². The molecule has 1 saturated heterocycles. The van der Waals surface area contributed by atoms with Crippen molar-refractivity contribution in [2.75, 3.05) is 11.9 Å². The number of rotatable bonds is 3. The van der Waals surface area contributed by atoms with E-state index in [9.17, 15) is 4.79 Å². The minimum Gasteiger partial charge on any atom is -0.324 e. The van der Waals surface area contributed by atoms with E-state index in [0.717, 1.165) is 37.1 Å². The second-order valence-electron chi connectivity index (χ2n) is 5.24. The summed E-state index contributed by atoms with van der Waals surface area (Å²) in [5.74, 6) is 0.108. The van der Waals surface area contributed by atoms with Crippen LogP contribution in [0, 0.1) is 13.8 Å². The topological polar surface area (TPSA) is 41.1 Å². The number of benzene rings is 1. The molecule has 0 saturated carbocycles. The van der Waals surface area contributed by atoms with Crippen LogP contribution in [-0.2, 0) is 4.79 Å². The van der Waals surface area contributed by atoms with Crippen LogP contribution in [0.4, 0.5) is 5.69 Å². The highest BCUT2D eigenvalue weighted by Gasteiger charge is 2.39. The molecule has 3 nitrogen and oxygen atoms in total. The van der Waals surface area contributed by atoms with Gasteiger partial charge in [0.2, 0.25) is 5.91 Å². The minimum atomic E-state index is -0.365. The molecule has 1 aliphatic heterocycles. The molecule has 0 aromatic heterocycles. The molecule has 0 aliphatic carbocycles. The molecule has 1 aliphatic rings. The van der Waals surface area contributed by atoms with E-state index in [1.54, 1.807) is 0 Å². The quantitative estimate of drug-likeness (QED) is 0.894. The summed E-state index contributed by atoms with van der Waals surface area (Å²) in [6, 6.07) is 6.14. The van der Waals surface area contributed by atoms with Gasteiger partial charge in [-0.25, -0.2) is 0 Å². The average Bonchev–Trinajstić information content (AvgIpc) is 2.84. The molecule has 0 spiro atoms. The molecule has 2 N–H and O–H groups in total. The van der Waals surface area contributed by atoms with Gasteiger partial charge < -0.3 is 10.6 Å². The van der Waals surface area contributed by atoms with Crippen LogP contribution in [0.3, 0.4) is 0 Å². The maximum atomic E-state index is 12.5. The van der Waals surface area contributed by atoms with Gasteiger partial charge in [0.15, 0.2) is 0 Å². The lowest BCUT2D eigenvalue weighted by Crippen LogP contribution is -2.50. The van der Waals surface area contributed by atoms with Crippen molar-refractivity contribution in [2.45, 2.75) is 45.6 Å². The van der Waals surface area contributed by atoms with Gasteiger partial charge in [-0.05, 0) is 56.8 Å². The number of aryl methyl sites for hydroxylation is 2. The van der Waals surface area contributed by atoms with Crippen molar-refractivity contribution in [1.29, 1.82) is 0 Å². The molecule has 2 rings (SSSR count). The molecule has 106 valence electrons. The Labute approximate surface area is 121 Å². The SMILES string of the molecule is CCC1(C(=O)Nc2cc(C)ccc2C)CCCN1.Cl. The van der Waals surface area contributed by atoms with Gasteiger partial charge in [0.1, 0.15) is 0 Å². The Morgan fingerprint density at radius 2 is 2.16 bits per heavy atom. The monoisotopic (exact) mass is 282 g/mol. The highest BCUT2D eigenvalue weighted by Crippen LogP contribution is 2.26. The molecule has 1 amide bonds. The van der Waals surface area contributed by atoms with Gasteiger partial charge in [0, 0.05) is 5.69 Å². The first kappa shape index (κ1) is 16.0. The number of anilines is 1. The normalized spacial score (nSPS) is 21.8. The van der Waals surface area contributed by atoms with Crippen molar-refractivity contribution in [3.05, 3.63) is 29.3 Å². The number of carbonyl (C=O) groups is 1. The Kier molecular flexibility index (Phi) is 5.39. The molecule has 0 radical (unpaired) electrons. The summed E-state index contributed by atoms with van der Waals surface area (Å²) >= 11 is 0. The number of nitrogens with one attached hydrogen (secondary N) is 2. The Hall–Kier alpha value is -1.06. The highest BCUT2D eigenvalue weighted by molar-refractivity contribution is 5.98. The molecule has 4 heteroatoms. The van der Waals surface area contributed by atoms with E-state index in [1.807, 2.05) is 26.0 Å². The number of halogens is 1. The predicted octanol–water partition coefficient (Wildman–Crippen LogP) is 3.20. The van der Waals surface area contributed by atoms with E-state index in [0.29, 0.717) is 0 Å². The summed E-state index contributed by atoms with van der Waals surface area (Å²) < 4.78 is 0. The lowest BCUT2D eigenvalue weighted by Gasteiger charge is -2.27. The van der Waals surface area contributed by atoms with E-state index in [2.05, 4.69) is 23.6 Å². The Morgan fingerprint density at radius 1 is 1.42 bits per heavy atom. The summed E-state index contributed by atoms with van der Waals surface area (Å²) in [4.78, 5) is 12.5. The lowest BCUT2D eigenvalue weighted by molar-refractivity contribution is -0.122. The third-order valence-electron chi connectivity index (χ3n) is 3.92. The van der Waals surface area contributed by atoms with Gasteiger partial charge in [-0.3, -0.25) is 4.79 Å². The molecular formula is C15H23ClN2O. The van der Waals surface area contributed by atoms with Crippen LogP contribution < -0.4 is 10.6 Å². The second kappa shape index (κ2) is 6.40. The van der Waals surface area contributed by atoms with Gasteiger partial charge in [-0.1, -0.05) is 19.1 Å². The molecule has 19 heavy (non-hydrogen) atoms. The Balaban J connectivity index is 0.00000180. The zero-order valence-electron chi connectivity index (χ0n) is 11.9. The van der Waals surface area contributed by atoms with Gasteiger partial charge in [-0.15, -0.1) is 12.4 Å². The van der Waals surface area contributed by atoms with Crippen LogP contribution in [-0.4, -0.2) is 18.0 Å². The van der Waals surface area contributed by atoms with Crippen LogP contribution in [0.1, 0.15) is 37.3 Å². The Morgan fingerprint density at radius 3 is 2.74 bits per heavy atom. The maximum absolute atomic E-state index is 12.5. The summed E-state index contributed by atoms with van der Waals surface area (Å²) in [6.07, 6.45) is 2.85. The number of amides is 1. The standard InChI is InChI=1S/C15H22N2O.ClH/c1-4-15(8-5-9-16-15)14(18)17-13-10-11(2)6-7-12(13)3;/h6-7,10,16H,4-5,8-9H2,1-3H3,(H,17,18);1H. The molecule has 1 unspecified atom stereocenters. The van der Waals surface area contributed by atoms with Crippen LogP contribution in [0.5, 0.6) is 0 Å². The number of carbonyl (C=O) groups excluding carboxylic acids is 1. The molecule has 1 atom stereocenters. The van der Waals surface area contributed by atoms with Gasteiger partial charge in [0.25, 0.3) is 0 Å². The summed E-state index contributed by atoms with van der Waals surface area (Å²) in [7, 11) is 0. The lowest BCUT2D eigenvalue weighted by atomic mass is 9.93. The zero-order chi connectivity index (χ0) is 13.2. The molecule has 1 heterocycles. The third kappa shape index (κ3) is 3.28. The number of hydrogen-bond donors (Lipinski definition) is 2. The fourth-order valence-corrected chi connectivity index (χ4v) is 2.57. The molecular weight excluding hydrogens is 260 g/mol. The largest absolute Gasteiger partial charge is 0.324 e. The first-order valence-electron chi connectivity index (χ1n) is 6.71. The number of hydrogen-bond acceptors (Lipinski definition) is 2. The van der Waals surface area contributed by atoms with Crippen LogP contribution in [0.25, 0.3) is 0 Å². The van der Waals surface area contributed by atoms with Crippen molar-refractivity contribution in [2.24, 2.45) is 0 Å². The smallest absolute Gasteiger partial charge is 0.244 e. The first-order chi connectivity index (χ1) is 8.57. The van der Waals surface area contributed by atoms with Crippen LogP contribution in [0.15, 0.2) is 18.2 Å². The van der Waals surface area contributed by atoms with E-state index < -0.39 is 0 Å². The first-order valence-corrected chi connectivity index (χ1v) is 6.71. The highest BCUT2D eigenvalue weighted by atomic mass is 35.5. The van der Waals surface area contributed by atoms with E-state index in [1.165, 1.54) is 5.56 Å². The van der Waals surface area contributed by atoms with Gasteiger partial charge in [-0.2, -0.15) is 0 Å². The summed E-state index contributed by atoms with van der Waals surface area (Å²) in [5, 5.41) is 6.45. The van der Waals surface area contributed by atoms with E-state index in [-0.39, 0.29) is 23.9 Å². The van der Waals surface area contributed by atoms with Gasteiger partial charge in [0.05, 0.1) is 5.54 Å². The van der Waals surface area contributed by atoms with E-state index >= 15 is 0 Å². The molecule has 0 bridgehead atoms. The van der Waals surface area contributed by atoms with Crippen molar-refractivity contribution in [3.63, 3.8) is 0 Å². The van der Waals surface area contributed by atoms with Crippen molar-refractivity contribution < 1.29 is 4.79 Å². The molecule has 1 fully saturated rings. The van der Waals surface area contributed by atoms with Crippen molar-refractivity contribution >= 4 is 24.0 Å². The van der Waals surface area contributed by atoms with Crippen molar-refractivity contribution in [1.82, 2.24) is 5.32 Å². The Bertz CT molecular complexity index is 453. The second-order valence-corrected chi connectivity index (χ2v) is 5.24. The molecule has 1 aromatic carbocycles. The third-order valence-corrected chi connectivity index (χ3v) is 3.92. The fourth-order valence-electron chi connectivity index (χ4n) is 2.57. The predicted molar refractivity (Wildman–Crippen MR) is 82.1 cm³/mol. The average molecular weight is 283 g/mol. The maximum Gasteiger partial charge on any atom is 0.244 e.